The van der Waals surface area contributed by atoms with E-state index in [1.54, 1.807) is 36.4 Å². The summed E-state index contributed by atoms with van der Waals surface area (Å²) in [6.45, 7) is 9.97. The average Bonchev–Trinajstić information content (AvgIpc) is 3.09. The number of methoxy groups -OCH3 is 1. The van der Waals surface area contributed by atoms with E-state index >= 15 is 0 Å². The van der Waals surface area contributed by atoms with Gasteiger partial charge in [0.05, 0.1) is 40.0 Å². The third kappa shape index (κ3) is 15.4. The molecule has 0 aromatic heterocycles. The number of aryl methyl sites for hydroxylation is 1. The fourth-order valence-electron chi connectivity index (χ4n) is 4.11. The van der Waals surface area contributed by atoms with E-state index in [9.17, 15) is 24.0 Å². The van der Waals surface area contributed by atoms with Gasteiger partial charge in [-0.3, -0.25) is 9.59 Å². The number of hydrogen-bond donors (Lipinski definition) is 0. The first-order valence-corrected chi connectivity index (χ1v) is 15.8. The number of unbranched alkanes of at least 4 members (excludes halogenated alkanes) is 4. The number of rotatable bonds is 22. The smallest absolute Gasteiger partial charge is 0.493 e. The Morgan fingerprint density at radius 3 is 2.10 bits per heavy atom. The van der Waals surface area contributed by atoms with Crippen molar-refractivity contribution in [1.82, 2.24) is 0 Å². The summed E-state index contributed by atoms with van der Waals surface area (Å²) in [6.07, 6.45) is 8.21. The Morgan fingerprint density at radius 2 is 1.44 bits per heavy atom. The topological polar surface area (TPSA) is 141 Å². The summed E-state index contributed by atoms with van der Waals surface area (Å²) in [4.78, 5) is 58.7. The van der Waals surface area contributed by atoms with E-state index in [0.717, 1.165) is 42.2 Å². The molecule has 11 heteroatoms. The van der Waals surface area contributed by atoms with Crippen LogP contribution in [-0.4, -0.2) is 63.4 Å². The molecule has 48 heavy (non-hydrogen) atoms. The lowest BCUT2D eigenvalue weighted by atomic mass is 10.0. The van der Waals surface area contributed by atoms with E-state index in [-0.39, 0.29) is 37.6 Å². The highest BCUT2D eigenvalue weighted by molar-refractivity contribution is 6.07. The summed E-state index contributed by atoms with van der Waals surface area (Å²) in [5.41, 5.74) is 2.29. The maximum absolute atomic E-state index is 12.9. The van der Waals surface area contributed by atoms with Crippen molar-refractivity contribution < 1.29 is 52.4 Å². The minimum atomic E-state index is -0.839. The maximum Gasteiger partial charge on any atom is 0.513 e. The average molecular weight is 665 g/mol. The van der Waals surface area contributed by atoms with Crippen LogP contribution in [0.3, 0.4) is 0 Å². The molecule has 0 fully saturated rings. The minimum absolute atomic E-state index is 0.0705. The Hall–Kier alpha value is -5.19. The molecule has 0 aliphatic carbocycles. The summed E-state index contributed by atoms with van der Waals surface area (Å²) >= 11 is 0. The molecule has 0 spiro atoms. The van der Waals surface area contributed by atoms with Gasteiger partial charge in [0.25, 0.3) is 0 Å². The Bertz CT molecular complexity index is 1420. The largest absolute Gasteiger partial charge is 0.513 e. The molecular weight excluding hydrogens is 620 g/mol. The number of ketones is 1. The molecule has 0 unspecified atom stereocenters. The van der Waals surface area contributed by atoms with Crippen LogP contribution in [0.4, 0.5) is 4.79 Å². The van der Waals surface area contributed by atoms with E-state index < -0.39 is 24.1 Å². The van der Waals surface area contributed by atoms with Crippen LogP contribution < -0.4 is 9.47 Å². The molecule has 2 aromatic carbocycles. The fourth-order valence-corrected chi connectivity index (χ4v) is 4.11. The van der Waals surface area contributed by atoms with Crippen LogP contribution in [0.1, 0.15) is 73.4 Å². The first kappa shape index (κ1) is 39.0. The first-order valence-electron chi connectivity index (χ1n) is 15.8. The Morgan fingerprint density at radius 1 is 0.792 bits per heavy atom. The van der Waals surface area contributed by atoms with Gasteiger partial charge in [0.1, 0.15) is 11.5 Å². The summed E-state index contributed by atoms with van der Waals surface area (Å²) in [5, 5.41) is 0. The monoisotopic (exact) mass is 664 g/mol. The number of ether oxygens (including phenoxy) is 6. The number of carbonyl (C=O) groups excluding carboxylic acids is 5. The molecule has 2 rings (SSSR count). The lowest BCUT2D eigenvalue weighted by Gasteiger charge is -2.12. The second-order valence-electron chi connectivity index (χ2n) is 10.5. The molecule has 0 saturated carbocycles. The van der Waals surface area contributed by atoms with Gasteiger partial charge in [0.2, 0.25) is 0 Å². The van der Waals surface area contributed by atoms with E-state index in [2.05, 4.69) is 17.9 Å². The van der Waals surface area contributed by atoms with Gasteiger partial charge in [-0.25, -0.2) is 14.4 Å². The second kappa shape index (κ2) is 22.4. The van der Waals surface area contributed by atoms with E-state index in [1.807, 2.05) is 19.1 Å². The van der Waals surface area contributed by atoms with E-state index in [1.165, 1.54) is 13.2 Å². The van der Waals surface area contributed by atoms with Crippen LogP contribution in [0.15, 0.2) is 73.3 Å². The number of allylic oxidation sites excluding steroid dienone is 1. The molecule has 0 bridgehead atoms. The van der Waals surface area contributed by atoms with Crippen molar-refractivity contribution in [2.75, 3.05) is 33.5 Å². The zero-order valence-corrected chi connectivity index (χ0v) is 27.7. The van der Waals surface area contributed by atoms with Gasteiger partial charge in [0, 0.05) is 17.2 Å². The van der Waals surface area contributed by atoms with Gasteiger partial charge < -0.3 is 28.4 Å². The van der Waals surface area contributed by atoms with E-state index in [4.69, 9.17) is 23.7 Å². The Kier molecular flexibility index (Phi) is 18.2. The first-order chi connectivity index (χ1) is 23.2. The Balaban J connectivity index is 1.70. The molecule has 0 N–H and O–H groups in total. The number of carbonyl (C=O) groups is 5. The van der Waals surface area contributed by atoms with Crippen molar-refractivity contribution in [3.8, 4) is 11.5 Å². The predicted octanol–water partition coefficient (Wildman–Crippen LogP) is 6.77. The highest BCUT2D eigenvalue weighted by Gasteiger charge is 2.13. The molecule has 0 saturated heterocycles. The summed E-state index contributed by atoms with van der Waals surface area (Å²) in [6, 6.07) is 12.0. The number of benzene rings is 2. The Labute approximate surface area is 281 Å². The van der Waals surface area contributed by atoms with Crippen molar-refractivity contribution in [3.05, 3.63) is 90.0 Å². The van der Waals surface area contributed by atoms with Crippen LogP contribution in [-0.2, 0) is 39.8 Å². The summed E-state index contributed by atoms with van der Waals surface area (Å²) in [7, 11) is 1.25. The minimum Gasteiger partial charge on any atom is -0.493 e. The zero-order valence-electron chi connectivity index (χ0n) is 27.7. The van der Waals surface area contributed by atoms with Gasteiger partial charge in [-0.2, -0.15) is 0 Å². The molecule has 258 valence electrons. The van der Waals surface area contributed by atoms with Gasteiger partial charge in [-0.05, 0) is 92.5 Å². The third-order valence-corrected chi connectivity index (χ3v) is 6.81. The van der Waals surface area contributed by atoms with Gasteiger partial charge in [0.15, 0.2) is 5.78 Å². The summed E-state index contributed by atoms with van der Waals surface area (Å²) in [5.74, 6) is -0.748. The van der Waals surface area contributed by atoms with Crippen molar-refractivity contribution >= 4 is 35.9 Å². The highest BCUT2D eigenvalue weighted by Crippen LogP contribution is 2.22. The molecule has 0 radical (unpaired) electrons. The molecule has 0 amide bonds. The van der Waals surface area contributed by atoms with Gasteiger partial charge >= 0.3 is 24.1 Å². The maximum atomic E-state index is 12.9. The van der Waals surface area contributed by atoms with Gasteiger partial charge in [-0.1, -0.05) is 38.3 Å². The normalized spacial score (nSPS) is 10.5. The van der Waals surface area contributed by atoms with E-state index in [0.29, 0.717) is 43.6 Å². The number of esters is 3. The molecule has 0 atom stereocenters. The second-order valence-corrected chi connectivity index (χ2v) is 10.5. The van der Waals surface area contributed by atoms with Crippen LogP contribution in [0.5, 0.6) is 11.5 Å². The molecule has 11 nitrogen and oxygen atoms in total. The van der Waals surface area contributed by atoms with Crippen LogP contribution in [0, 0.1) is 0 Å². The highest BCUT2D eigenvalue weighted by atomic mass is 16.7. The third-order valence-electron chi connectivity index (χ3n) is 6.81. The van der Waals surface area contributed by atoms with Crippen molar-refractivity contribution in [3.63, 3.8) is 0 Å². The quantitative estimate of drug-likeness (QED) is 0.0329. The van der Waals surface area contributed by atoms with Crippen molar-refractivity contribution in [2.24, 2.45) is 0 Å². The standard InChI is InChI=1S/C37H44O11/c1-5-29-26-30(16-20-33(29)44-21-9-7-8-10-23-46-36(41)27(3)25-35(40)43-4)32(38)19-15-28-13-17-31(18-14-28)48-37(42)47-24-12-11-22-45-34(39)6-2/h6,13-20,26H,2-3,5,7-12,21-25H2,1,4H3/b19-15+. The lowest BCUT2D eigenvalue weighted by molar-refractivity contribution is -0.144. The molecule has 0 heterocycles. The lowest BCUT2D eigenvalue weighted by Crippen LogP contribution is -2.12. The van der Waals surface area contributed by atoms with Crippen LogP contribution >= 0.6 is 0 Å². The van der Waals surface area contributed by atoms with Gasteiger partial charge in [-0.15, -0.1) is 0 Å². The molecule has 0 aliphatic heterocycles. The molecule has 2 aromatic rings. The molecule has 0 aliphatic rings. The van der Waals surface area contributed by atoms with Crippen LogP contribution in [0.2, 0.25) is 0 Å². The van der Waals surface area contributed by atoms with Crippen LogP contribution in [0.25, 0.3) is 6.08 Å². The number of hydrogen-bond acceptors (Lipinski definition) is 11. The summed E-state index contributed by atoms with van der Waals surface area (Å²) < 4.78 is 30.6. The van der Waals surface area contributed by atoms with Crippen molar-refractivity contribution in [2.45, 2.75) is 58.3 Å². The predicted molar refractivity (Wildman–Crippen MR) is 179 cm³/mol. The van der Waals surface area contributed by atoms with Crippen molar-refractivity contribution in [1.29, 1.82) is 0 Å². The molecular formula is C37H44O11. The zero-order chi connectivity index (χ0) is 35.1. The fraction of sp³-hybridized carbons (Fsp3) is 0.378. The SMILES string of the molecule is C=CC(=O)OCCCCOC(=O)Oc1ccc(/C=C/C(=O)c2ccc(OCCCCCCOC(=O)C(=C)CC(=O)OC)c(CC)c2)cc1.